The Morgan fingerprint density at radius 1 is 1.26 bits per heavy atom. The lowest BCUT2D eigenvalue weighted by molar-refractivity contribution is 0.0958. The van der Waals surface area contributed by atoms with Crippen molar-refractivity contribution in [2.45, 2.75) is 6.92 Å². The van der Waals surface area contributed by atoms with E-state index in [-0.39, 0.29) is 5.91 Å². The molecule has 2 rings (SSSR count). The lowest BCUT2D eigenvalue weighted by atomic mass is 10.0. The molecule has 0 fully saturated rings. The molecule has 1 aromatic carbocycles. The summed E-state index contributed by atoms with van der Waals surface area (Å²) in [6, 6.07) is 11.2. The number of methoxy groups -OCH3 is 1. The van der Waals surface area contributed by atoms with Gasteiger partial charge in [0, 0.05) is 12.6 Å². The minimum atomic E-state index is -0.187. The van der Waals surface area contributed by atoms with Crippen LogP contribution in [-0.2, 0) is 0 Å². The number of nitrogens with one attached hydrogen (secondary N) is 1. The van der Waals surface area contributed by atoms with Crippen molar-refractivity contribution in [2.75, 3.05) is 14.2 Å². The van der Waals surface area contributed by atoms with Crippen LogP contribution in [-0.4, -0.2) is 25.0 Å². The van der Waals surface area contributed by atoms with Crippen LogP contribution in [0.15, 0.2) is 36.4 Å². The zero-order chi connectivity index (χ0) is 13.8. The summed E-state index contributed by atoms with van der Waals surface area (Å²) in [5, 5.41) is 2.57. The molecule has 0 aliphatic rings. The molecule has 1 aromatic heterocycles. The Balaban J connectivity index is 2.44. The van der Waals surface area contributed by atoms with E-state index in [2.05, 4.69) is 10.3 Å². The van der Waals surface area contributed by atoms with Crippen molar-refractivity contribution in [3.05, 3.63) is 47.7 Å². The number of benzene rings is 1. The van der Waals surface area contributed by atoms with Gasteiger partial charge in [-0.2, -0.15) is 0 Å². The maximum Gasteiger partial charge on any atom is 0.269 e. The first-order chi connectivity index (χ1) is 9.15. The van der Waals surface area contributed by atoms with E-state index < -0.39 is 0 Å². The van der Waals surface area contributed by atoms with Crippen LogP contribution in [0.25, 0.3) is 11.3 Å². The molecule has 1 N–H and O–H groups in total. The first kappa shape index (κ1) is 13.1. The van der Waals surface area contributed by atoms with Gasteiger partial charge >= 0.3 is 0 Å². The van der Waals surface area contributed by atoms with E-state index in [1.807, 2.05) is 37.3 Å². The molecule has 0 saturated carbocycles. The van der Waals surface area contributed by atoms with Gasteiger partial charge in [0.05, 0.1) is 12.8 Å². The number of rotatable bonds is 3. The largest absolute Gasteiger partial charge is 0.497 e. The number of ether oxygens (including phenoxy) is 1. The van der Waals surface area contributed by atoms with Gasteiger partial charge in [-0.1, -0.05) is 6.07 Å². The van der Waals surface area contributed by atoms with Gasteiger partial charge in [-0.15, -0.1) is 0 Å². The second kappa shape index (κ2) is 5.52. The number of carbonyl (C=O) groups excluding carboxylic acids is 1. The van der Waals surface area contributed by atoms with Crippen molar-refractivity contribution in [1.82, 2.24) is 10.3 Å². The predicted molar refractivity (Wildman–Crippen MR) is 74.4 cm³/mol. The van der Waals surface area contributed by atoms with Crippen molar-refractivity contribution in [3.8, 4) is 17.0 Å². The third kappa shape index (κ3) is 2.73. The predicted octanol–water partition coefficient (Wildman–Crippen LogP) is 2.43. The summed E-state index contributed by atoms with van der Waals surface area (Å²) in [4.78, 5) is 16.0. The summed E-state index contributed by atoms with van der Waals surface area (Å²) in [7, 11) is 3.23. The Kier molecular flexibility index (Phi) is 3.80. The first-order valence-corrected chi connectivity index (χ1v) is 6.00. The number of hydrogen-bond acceptors (Lipinski definition) is 3. The van der Waals surface area contributed by atoms with Crippen molar-refractivity contribution < 1.29 is 9.53 Å². The van der Waals surface area contributed by atoms with E-state index in [1.165, 1.54) is 0 Å². The van der Waals surface area contributed by atoms with Gasteiger partial charge in [-0.25, -0.2) is 4.98 Å². The number of pyridine rings is 1. The number of amides is 1. The summed E-state index contributed by atoms with van der Waals surface area (Å²) in [6.07, 6.45) is 0. The van der Waals surface area contributed by atoms with E-state index in [0.29, 0.717) is 5.69 Å². The van der Waals surface area contributed by atoms with Gasteiger partial charge in [0.2, 0.25) is 0 Å². The molecule has 0 aliphatic heterocycles. The summed E-state index contributed by atoms with van der Waals surface area (Å²) < 4.78 is 5.18. The van der Waals surface area contributed by atoms with Gasteiger partial charge in [-0.05, 0) is 42.8 Å². The minimum Gasteiger partial charge on any atom is -0.497 e. The second-order valence-corrected chi connectivity index (χ2v) is 4.17. The van der Waals surface area contributed by atoms with Gasteiger partial charge in [-0.3, -0.25) is 4.79 Å². The van der Waals surface area contributed by atoms with Gasteiger partial charge < -0.3 is 10.1 Å². The molecular weight excluding hydrogens is 240 g/mol. The quantitative estimate of drug-likeness (QED) is 0.917. The molecule has 0 bridgehead atoms. The van der Waals surface area contributed by atoms with Crippen LogP contribution in [0.3, 0.4) is 0 Å². The third-order valence-corrected chi connectivity index (χ3v) is 2.92. The highest BCUT2D eigenvalue weighted by Gasteiger charge is 2.09. The molecule has 19 heavy (non-hydrogen) atoms. The van der Waals surface area contributed by atoms with Crippen LogP contribution < -0.4 is 10.1 Å². The van der Waals surface area contributed by atoms with E-state index in [4.69, 9.17) is 4.74 Å². The van der Waals surface area contributed by atoms with E-state index in [9.17, 15) is 4.79 Å². The topological polar surface area (TPSA) is 51.2 Å². The molecule has 0 saturated heterocycles. The summed E-state index contributed by atoms with van der Waals surface area (Å²) in [5.41, 5.74) is 3.24. The summed E-state index contributed by atoms with van der Waals surface area (Å²) in [6.45, 7) is 1.99. The fourth-order valence-corrected chi connectivity index (χ4v) is 1.89. The number of nitrogens with zero attached hydrogens (tertiary/aromatic N) is 1. The van der Waals surface area contributed by atoms with E-state index in [0.717, 1.165) is 22.6 Å². The molecule has 1 heterocycles. The Morgan fingerprint density at radius 2 is 2.05 bits per heavy atom. The van der Waals surface area contributed by atoms with Crippen molar-refractivity contribution in [3.63, 3.8) is 0 Å². The molecule has 1 amide bonds. The van der Waals surface area contributed by atoms with Crippen LogP contribution >= 0.6 is 0 Å². The molecule has 0 spiro atoms. The fraction of sp³-hybridized carbons (Fsp3) is 0.200. The number of carbonyl (C=O) groups is 1. The highest BCUT2D eigenvalue weighted by atomic mass is 16.5. The standard InChI is InChI=1S/C15H16N2O2/c1-10-9-11(19-3)7-8-12(10)13-5-4-6-14(17-13)15(18)16-2/h4-9H,1-3H3,(H,16,18). The van der Waals surface area contributed by atoms with Gasteiger partial charge in [0.15, 0.2) is 0 Å². The molecule has 98 valence electrons. The highest BCUT2D eigenvalue weighted by molar-refractivity contribution is 5.92. The van der Waals surface area contributed by atoms with Gasteiger partial charge in [0.1, 0.15) is 11.4 Å². The average Bonchev–Trinajstić information content (AvgIpc) is 2.46. The van der Waals surface area contributed by atoms with Crippen molar-refractivity contribution in [2.24, 2.45) is 0 Å². The van der Waals surface area contributed by atoms with Crippen LogP contribution in [0.2, 0.25) is 0 Å². The minimum absolute atomic E-state index is 0.187. The van der Waals surface area contributed by atoms with Gasteiger partial charge in [0.25, 0.3) is 5.91 Å². The SMILES string of the molecule is CNC(=O)c1cccc(-c2ccc(OC)cc2C)n1. The van der Waals surface area contributed by atoms with Crippen LogP contribution in [0.1, 0.15) is 16.1 Å². The number of aromatic nitrogens is 1. The lowest BCUT2D eigenvalue weighted by Gasteiger charge is -2.08. The molecular formula is C15H16N2O2. The third-order valence-electron chi connectivity index (χ3n) is 2.92. The number of hydrogen-bond donors (Lipinski definition) is 1. The highest BCUT2D eigenvalue weighted by Crippen LogP contribution is 2.25. The molecule has 4 nitrogen and oxygen atoms in total. The normalized spacial score (nSPS) is 10.1. The van der Waals surface area contributed by atoms with Crippen molar-refractivity contribution in [1.29, 1.82) is 0 Å². The van der Waals surface area contributed by atoms with Crippen LogP contribution in [0.4, 0.5) is 0 Å². The Morgan fingerprint density at radius 3 is 2.68 bits per heavy atom. The van der Waals surface area contributed by atoms with E-state index in [1.54, 1.807) is 20.2 Å². The molecule has 0 atom stereocenters. The zero-order valence-corrected chi connectivity index (χ0v) is 11.2. The average molecular weight is 256 g/mol. The fourth-order valence-electron chi connectivity index (χ4n) is 1.89. The summed E-state index contributed by atoms with van der Waals surface area (Å²) in [5.74, 6) is 0.622. The monoisotopic (exact) mass is 256 g/mol. The maximum absolute atomic E-state index is 11.6. The maximum atomic E-state index is 11.6. The molecule has 0 unspecified atom stereocenters. The number of aryl methyl sites for hydroxylation is 1. The van der Waals surface area contributed by atoms with Crippen molar-refractivity contribution >= 4 is 5.91 Å². The Hall–Kier alpha value is -2.36. The Bertz CT molecular complexity index is 609. The van der Waals surface area contributed by atoms with Crippen LogP contribution in [0, 0.1) is 6.92 Å². The molecule has 0 radical (unpaired) electrons. The molecule has 0 aliphatic carbocycles. The zero-order valence-electron chi connectivity index (χ0n) is 11.2. The lowest BCUT2D eigenvalue weighted by Crippen LogP contribution is -2.19. The van der Waals surface area contributed by atoms with E-state index >= 15 is 0 Å². The smallest absolute Gasteiger partial charge is 0.269 e. The molecule has 2 aromatic rings. The second-order valence-electron chi connectivity index (χ2n) is 4.17. The molecule has 4 heteroatoms. The first-order valence-electron chi connectivity index (χ1n) is 6.00. The Labute approximate surface area is 112 Å². The van der Waals surface area contributed by atoms with Crippen LogP contribution in [0.5, 0.6) is 5.75 Å². The summed E-state index contributed by atoms with van der Waals surface area (Å²) >= 11 is 0.